The Kier molecular flexibility index (Phi) is 8.46. The standard InChI is InChI=1S/C60H36BCl2N3O/c62-39-31-32-46-51(33-39)65(47-26-12-7-21-41(47)37-17-3-1-4-18-37)53-34-40(63)35-54-58(53)61(46)59-55(66(54)48-27-13-8-22-42(48)38-19-5-2-6-20-38)36-52(57-45-25-11-16-30-56(45)67-60(57)59)64-49-28-14-9-23-43(49)44-24-10-15-29-50(44)64/h1-36H. The molecular formula is C60H36BCl2N3O. The lowest BCUT2D eigenvalue weighted by Gasteiger charge is -2.45. The van der Waals surface area contributed by atoms with Crippen LogP contribution in [0.2, 0.25) is 10.0 Å². The second-order valence-electron chi connectivity index (χ2n) is 17.4. The number of rotatable bonds is 5. The van der Waals surface area contributed by atoms with Crippen LogP contribution in [0.4, 0.5) is 34.1 Å². The predicted octanol–water partition coefficient (Wildman–Crippen LogP) is 15.4. The van der Waals surface area contributed by atoms with Crippen molar-refractivity contribution >= 4 is 124 Å². The lowest BCUT2D eigenvalue weighted by atomic mass is 9.33. The van der Waals surface area contributed by atoms with Crippen molar-refractivity contribution < 1.29 is 4.42 Å². The molecule has 0 saturated heterocycles. The van der Waals surface area contributed by atoms with E-state index >= 15 is 0 Å². The van der Waals surface area contributed by atoms with Crippen molar-refractivity contribution in [2.45, 2.75) is 0 Å². The molecule has 0 saturated carbocycles. The van der Waals surface area contributed by atoms with Crippen LogP contribution in [0.5, 0.6) is 0 Å². The van der Waals surface area contributed by atoms with Gasteiger partial charge in [-0.3, -0.25) is 0 Å². The van der Waals surface area contributed by atoms with E-state index in [4.69, 9.17) is 27.6 Å². The van der Waals surface area contributed by atoms with Gasteiger partial charge in [0.25, 0.3) is 6.71 Å². The lowest BCUT2D eigenvalue weighted by molar-refractivity contribution is 0.671. The molecule has 67 heavy (non-hydrogen) atoms. The molecule has 2 aliphatic heterocycles. The SMILES string of the molecule is Clc1ccc2c(c1)N(c1ccccc1-c1ccccc1)c1cc(Cl)cc3c1B2c1c(cc(-n2c4ccccc4c4ccccc42)c2c1oc1ccccc12)N3c1ccccc1-c1ccccc1. The van der Waals surface area contributed by atoms with Gasteiger partial charge in [0.15, 0.2) is 0 Å². The maximum atomic E-state index is 7.53. The fourth-order valence-electron chi connectivity index (χ4n) is 11.2. The first-order valence-corrected chi connectivity index (χ1v) is 23.3. The van der Waals surface area contributed by atoms with Crippen molar-refractivity contribution in [3.63, 3.8) is 0 Å². The first kappa shape index (κ1) is 38.3. The minimum absolute atomic E-state index is 0.278. The Morgan fingerprint density at radius 1 is 0.373 bits per heavy atom. The van der Waals surface area contributed by atoms with E-state index in [2.05, 4.69) is 227 Å². The zero-order chi connectivity index (χ0) is 44.3. The molecule has 0 fully saturated rings. The smallest absolute Gasteiger partial charge is 0.257 e. The van der Waals surface area contributed by atoms with E-state index in [1.807, 2.05) is 6.07 Å². The highest BCUT2D eigenvalue weighted by atomic mass is 35.5. The zero-order valence-corrected chi connectivity index (χ0v) is 37.4. The van der Waals surface area contributed by atoms with E-state index in [1.54, 1.807) is 0 Å². The van der Waals surface area contributed by atoms with E-state index in [-0.39, 0.29) is 6.71 Å². The van der Waals surface area contributed by atoms with Gasteiger partial charge in [-0.05, 0) is 88.2 Å². The maximum absolute atomic E-state index is 7.53. The number of nitrogens with zero attached hydrogens (tertiary/aromatic N) is 3. The van der Waals surface area contributed by atoms with Gasteiger partial charge < -0.3 is 18.8 Å². The van der Waals surface area contributed by atoms with E-state index in [1.165, 1.54) is 10.8 Å². The number of hydrogen-bond donors (Lipinski definition) is 0. The summed E-state index contributed by atoms with van der Waals surface area (Å²) in [4.78, 5) is 4.82. The van der Waals surface area contributed by atoms with Crippen molar-refractivity contribution in [2.24, 2.45) is 0 Å². The van der Waals surface area contributed by atoms with Crippen molar-refractivity contribution in [1.29, 1.82) is 0 Å². The van der Waals surface area contributed by atoms with Crippen LogP contribution in [-0.4, -0.2) is 11.3 Å². The van der Waals surface area contributed by atoms with Crippen LogP contribution in [0.15, 0.2) is 223 Å². The quantitative estimate of drug-likeness (QED) is 0.161. The van der Waals surface area contributed by atoms with Crippen LogP contribution in [0.3, 0.4) is 0 Å². The number of benzene rings is 10. The van der Waals surface area contributed by atoms with E-state index in [9.17, 15) is 0 Å². The molecule has 7 heteroatoms. The van der Waals surface area contributed by atoms with Crippen molar-refractivity contribution in [1.82, 2.24) is 4.57 Å². The number of halogens is 2. The first-order chi connectivity index (χ1) is 33.1. The summed E-state index contributed by atoms with van der Waals surface area (Å²) in [6.45, 7) is -0.278. The highest BCUT2D eigenvalue weighted by Gasteiger charge is 2.46. The van der Waals surface area contributed by atoms with Crippen LogP contribution in [-0.2, 0) is 0 Å². The van der Waals surface area contributed by atoms with E-state index < -0.39 is 0 Å². The third kappa shape index (κ3) is 5.62. The number of furan rings is 1. The van der Waals surface area contributed by atoms with Crippen LogP contribution in [0.1, 0.15) is 0 Å². The molecule has 2 aromatic heterocycles. The fourth-order valence-corrected chi connectivity index (χ4v) is 11.6. The minimum atomic E-state index is -0.278. The maximum Gasteiger partial charge on any atom is 0.257 e. The molecule has 2 aliphatic rings. The Hall–Kier alpha value is -7.96. The Bertz CT molecular complexity index is 3940. The van der Waals surface area contributed by atoms with Gasteiger partial charge in [0.2, 0.25) is 0 Å². The molecule has 0 atom stereocenters. The Morgan fingerprint density at radius 3 is 1.49 bits per heavy atom. The number of para-hydroxylation sites is 5. The molecule has 314 valence electrons. The summed E-state index contributed by atoms with van der Waals surface area (Å²) in [5.74, 6) is 0. The molecule has 10 aromatic carbocycles. The summed E-state index contributed by atoms with van der Waals surface area (Å²) in [5, 5.41) is 5.78. The largest absolute Gasteiger partial charge is 0.456 e. The predicted molar refractivity (Wildman–Crippen MR) is 283 cm³/mol. The lowest BCUT2D eigenvalue weighted by Crippen LogP contribution is -2.61. The molecule has 0 spiro atoms. The van der Waals surface area contributed by atoms with Gasteiger partial charge in [0, 0.05) is 60.1 Å². The summed E-state index contributed by atoms with van der Waals surface area (Å²) in [5.41, 5.74) is 18.7. The van der Waals surface area contributed by atoms with E-state index in [0.717, 1.165) is 111 Å². The average molecular weight is 897 g/mol. The molecule has 0 radical (unpaired) electrons. The highest BCUT2D eigenvalue weighted by Crippen LogP contribution is 2.51. The number of aromatic nitrogens is 1. The van der Waals surface area contributed by atoms with Gasteiger partial charge in [-0.25, -0.2) is 0 Å². The molecular weight excluding hydrogens is 860 g/mol. The van der Waals surface area contributed by atoms with E-state index in [0.29, 0.717) is 10.0 Å². The Labute approximate surface area is 397 Å². The van der Waals surface area contributed by atoms with Crippen LogP contribution < -0.4 is 26.2 Å². The number of hydrogen-bond acceptors (Lipinski definition) is 3. The molecule has 0 N–H and O–H groups in total. The molecule has 0 bridgehead atoms. The fraction of sp³-hybridized carbons (Fsp3) is 0. The third-order valence-corrected chi connectivity index (χ3v) is 14.3. The second kappa shape index (κ2) is 14.8. The van der Waals surface area contributed by atoms with Crippen molar-refractivity contribution in [3.8, 4) is 27.9 Å². The minimum Gasteiger partial charge on any atom is -0.456 e. The number of fused-ring (bicyclic) bond motifs is 11. The molecule has 14 rings (SSSR count). The summed E-state index contributed by atoms with van der Waals surface area (Å²) in [6, 6.07) is 77.6. The van der Waals surface area contributed by atoms with Crippen molar-refractivity contribution in [3.05, 3.63) is 228 Å². The average Bonchev–Trinajstić information content (AvgIpc) is 3.93. The summed E-state index contributed by atoms with van der Waals surface area (Å²) >= 11 is 14.6. The third-order valence-electron chi connectivity index (χ3n) is 13.9. The summed E-state index contributed by atoms with van der Waals surface area (Å²) in [7, 11) is 0. The van der Waals surface area contributed by atoms with Gasteiger partial charge in [-0.15, -0.1) is 0 Å². The molecule has 0 unspecified atom stereocenters. The molecule has 0 aliphatic carbocycles. The van der Waals surface area contributed by atoms with Gasteiger partial charge in [0.05, 0.1) is 33.5 Å². The van der Waals surface area contributed by atoms with Crippen LogP contribution in [0.25, 0.3) is 71.7 Å². The van der Waals surface area contributed by atoms with Gasteiger partial charge in [-0.1, -0.05) is 181 Å². The molecule has 12 aromatic rings. The summed E-state index contributed by atoms with van der Waals surface area (Å²) < 4.78 is 9.81. The first-order valence-electron chi connectivity index (χ1n) is 22.6. The van der Waals surface area contributed by atoms with Crippen LogP contribution in [0, 0.1) is 0 Å². The highest BCUT2D eigenvalue weighted by molar-refractivity contribution is 7.01. The zero-order valence-electron chi connectivity index (χ0n) is 35.9. The van der Waals surface area contributed by atoms with Gasteiger partial charge in [0.1, 0.15) is 11.2 Å². The molecule has 4 nitrogen and oxygen atoms in total. The summed E-state index contributed by atoms with van der Waals surface area (Å²) in [6.07, 6.45) is 0. The molecule has 0 amide bonds. The van der Waals surface area contributed by atoms with Crippen LogP contribution >= 0.6 is 23.2 Å². The normalized spacial score (nSPS) is 12.8. The number of anilines is 6. The Morgan fingerprint density at radius 2 is 0.866 bits per heavy atom. The van der Waals surface area contributed by atoms with Gasteiger partial charge in [-0.2, -0.15) is 0 Å². The van der Waals surface area contributed by atoms with Crippen molar-refractivity contribution in [2.75, 3.05) is 9.80 Å². The monoisotopic (exact) mass is 895 g/mol. The topological polar surface area (TPSA) is 24.6 Å². The molecule has 4 heterocycles. The van der Waals surface area contributed by atoms with Gasteiger partial charge >= 0.3 is 0 Å². The Balaban J connectivity index is 1.17. The second-order valence-corrected chi connectivity index (χ2v) is 18.3.